The Kier molecular flexibility index (Phi) is 5.46. The average Bonchev–Trinajstić information content (AvgIpc) is 2.99. The number of halogens is 1. The molecule has 3 aromatic rings. The zero-order valence-corrected chi connectivity index (χ0v) is 18.0. The zero-order valence-electron chi connectivity index (χ0n) is 16.4. The fourth-order valence-corrected chi connectivity index (χ4v) is 3.12. The number of hydrogen-bond acceptors (Lipinski definition) is 4. The molecule has 0 aliphatic rings. The Labute approximate surface area is 174 Å². The van der Waals surface area contributed by atoms with Crippen molar-refractivity contribution in [3.63, 3.8) is 0 Å². The van der Waals surface area contributed by atoms with Crippen LogP contribution in [0.4, 0.5) is 5.69 Å². The lowest BCUT2D eigenvalue weighted by atomic mass is 9.96. The number of carbonyl (C=O) groups is 1. The van der Waals surface area contributed by atoms with Crippen LogP contribution in [0.5, 0.6) is 0 Å². The van der Waals surface area contributed by atoms with Crippen molar-refractivity contribution in [2.24, 2.45) is 5.41 Å². The van der Waals surface area contributed by atoms with Gasteiger partial charge in [-0.1, -0.05) is 38.4 Å². The van der Waals surface area contributed by atoms with E-state index in [-0.39, 0.29) is 11.0 Å². The lowest BCUT2D eigenvalue weighted by Gasteiger charge is -2.18. The lowest BCUT2D eigenvalue weighted by Crippen LogP contribution is -2.41. The van der Waals surface area contributed by atoms with Crippen LogP contribution in [0.25, 0.3) is 22.6 Å². The molecule has 0 aliphatic heterocycles. The van der Waals surface area contributed by atoms with Crippen LogP contribution in [-0.4, -0.2) is 16.0 Å². The standard InChI is InChI=1S/C21H22ClN3O2S/c1-11-8-12(2)17-16(9-11)24-18(27-17)14-10-13(6-7-15(14)22)23-20(28)25-19(26)21(3,4)5/h6-10H,1-5H3,(H2,23,25,26,28). The minimum absolute atomic E-state index is 0.163. The van der Waals surface area contributed by atoms with Gasteiger partial charge in [-0.25, -0.2) is 4.98 Å². The van der Waals surface area contributed by atoms with Crippen LogP contribution in [0, 0.1) is 19.3 Å². The van der Waals surface area contributed by atoms with Crippen molar-refractivity contribution in [1.82, 2.24) is 10.3 Å². The third-order valence-corrected chi connectivity index (χ3v) is 4.72. The van der Waals surface area contributed by atoms with E-state index < -0.39 is 5.41 Å². The van der Waals surface area contributed by atoms with Crippen LogP contribution in [-0.2, 0) is 4.79 Å². The van der Waals surface area contributed by atoms with Gasteiger partial charge in [0.2, 0.25) is 11.8 Å². The summed E-state index contributed by atoms with van der Waals surface area (Å²) in [7, 11) is 0. The molecule has 2 aromatic carbocycles. The van der Waals surface area contributed by atoms with Crippen LogP contribution < -0.4 is 10.6 Å². The van der Waals surface area contributed by atoms with Gasteiger partial charge in [0.05, 0.1) is 10.6 Å². The predicted octanol–water partition coefficient (Wildman–Crippen LogP) is 5.62. The second-order valence-electron chi connectivity index (χ2n) is 7.80. The summed E-state index contributed by atoms with van der Waals surface area (Å²) >= 11 is 11.6. The SMILES string of the molecule is Cc1cc(C)c2oc(-c3cc(NC(=S)NC(=O)C(C)(C)C)ccc3Cl)nc2c1. The van der Waals surface area contributed by atoms with E-state index in [0.29, 0.717) is 22.2 Å². The topological polar surface area (TPSA) is 67.2 Å². The number of fused-ring (bicyclic) bond motifs is 1. The fourth-order valence-electron chi connectivity index (χ4n) is 2.71. The van der Waals surface area contributed by atoms with E-state index in [1.165, 1.54) is 0 Å². The Hall–Kier alpha value is -2.44. The van der Waals surface area contributed by atoms with E-state index in [0.717, 1.165) is 22.2 Å². The fraction of sp³-hybridized carbons (Fsp3) is 0.286. The van der Waals surface area contributed by atoms with Gasteiger partial charge in [0.25, 0.3) is 0 Å². The number of thiocarbonyl (C=S) groups is 1. The van der Waals surface area contributed by atoms with Gasteiger partial charge in [0, 0.05) is 11.1 Å². The van der Waals surface area contributed by atoms with Gasteiger partial charge in [0.1, 0.15) is 5.52 Å². The summed E-state index contributed by atoms with van der Waals surface area (Å²) in [4.78, 5) is 16.7. The molecule has 5 nitrogen and oxygen atoms in total. The third kappa shape index (κ3) is 4.34. The molecule has 1 heterocycles. The number of anilines is 1. The van der Waals surface area contributed by atoms with E-state index in [1.54, 1.807) is 18.2 Å². The molecule has 0 saturated heterocycles. The molecular formula is C21H22ClN3O2S. The summed E-state index contributed by atoms with van der Waals surface area (Å²) in [6, 6.07) is 9.33. The number of hydrogen-bond donors (Lipinski definition) is 2. The first-order valence-electron chi connectivity index (χ1n) is 8.85. The molecule has 7 heteroatoms. The third-order valence-electron chi connectivity index (χ3n) is 4.18. The van der Waals surface area contributed by atoms with Crippen molar-refractivity contribution < 1.29 is 9.21 Å². The average molecular weight is 416 g/mol. The molecule has 2 N–H and O–H groups in total. The van der Waals surface area contributed by atoms with E-state index in [1.807, 2.05) is 46.8 Å². The van der Waals surface area contributed by atoms with E-state index in [2.05, 4.69) is 15.6 Å². The van der Waals surface area contributed by atoms with Gasteiger partial charge >= 0.3 is 0 Å². The molecule has 1 aromatic heterocycles. The van der Waals surface area contributed by atoms with Crippen LogP contribution in [0.3, 0.4) is 0 Å². The largest absolute Gasteiger partial charge is 0.436 e. The predicted molar refractivity (Wildman–Crippen MR) is 118 cm³/mol. The van der Waals surface area contributed by atoms with E-state index in [9.17, 15) is 4.79 Å². The van der Waals surface area contributed by atoms with Crippen molar-refractivity contribution in [3.05, 3.63) is 46.5 Å². The molecule has 0 unspecified atom stereocenters. The van der Waals surface area contributed by atoms with Gasteiger partial charge in [-0.3, -0.25) is 4.79 Å². The van der Waals surface area contributed by atoms with Crippen molar-refractivity contribution >= 4 is 51.6 Å². The Morgan fingerprint density at radius 2 is 1.89 bits per heavy atom. The van der Waals surface area contributed by atoms with Crippen molar-refractivity contribution in [3.8, 4) is 11.5 Å². The number of oxazole rings is 1. The number of benzene rings is 2. The maximum Gasteiger partial charge on any atom is 0.231 e. The normalized spacial score (nSPS) is 11.5. The van der Waals surface area contributed by atoms with Gasteiger partial charge in [-0.05, 0) is 61.5 Å². The molecule has 0 spiro atoms. The molecule has 3 rings (SSSR count). The summed E-state index contributed by atoms with van der Waals surface area (Å²) < 4.78 is 5.96. The Balaban J connectivity index is 1.89. The molecule has 0 atom stereocenters. The molecule has 146 valence electrons. The number of aryl methyl sites for hydroxylation is 2. The summed E-state index contributed by atoms with van der Waals surface area (Å²) in [5, 5.41) is 6.42. The minimum Gasteiger partial charge on any atom is -0.436 e. The number of amides is 1. The Morgan fingerprint density at radius 3 is 2.57 bits per heavy atom. The van der Waals surface area contributed by atoms with Crippen LogP contribution >= 0.6 is 23.8 Å². The summed E-state index contributed by atoms with van der Waals surface area (Å²) in [6.45, 7) is 9.47. The number of nitrogens with one attached hydrogen (secondary N) is 2. The smallest absolute Gasteiger partial charge is 0.231 e. The van der Waals surface area contributed by atoms with E-state index >= 15 is 0 Å². The molecule has 0 radical (unpaired) electrons. The van der Waals surface area contributed by atoms with Crippen molar-refractivity contribution in [1.29, 1.82) is 0 Å². The Morgan fingerprint density at radius 1 is 1.18 bits per heavy atom. The first-order valence-corrected chi connectivity index (χ1v) is 9.63. The molecule has 0 saturated carbocycles. The van der Waals surface area contributed by atoms with Crippen LogP contribution in [0.1, 0.15) is 31.9 Å². The molecule has 0 bridgehead atoms. The highest BCUT2D eigenvalue weighted by molar-refractivity contribution is 7.80. The van der Waals surface area contributed by atoms with Gasteiger partial charge in [-0.15, -0.1) is 0 Å². The zero-order chi connectivity index (χ0) is 20.6. The first kappa shape index (κ1) is 20.3. The monoisotopic (exact) mass is 415 g/mol. The Bertz CT molecular complexity index is 1080. The number of rotatable bonds is 2. The van der Waals surface area contributed by atoms with Gasteiger partial charge in [0.15, 0.2) is 10.7 Å². The highest BCUT2D eigenvalue weighted by atomic mass is 35.5. The minimum atomic E-state index is -0.537. The lowest BCUT2D eigenvalue weighted by molar-refractivity contribution is -0.126. The summed E-state index contributed by atoms with van der Waals surface area (Å²) in [6.07, 6.45) is 0. The van der Waals surface area contributed by atoms with E-state index in [4.69, 9.17) is 28.2 Å². The quantitative estimate of drug-likeness (QED) is 0.531. The molecule has 1 amide bonds. The maximum atomic E-state index is 12.1. The number of nitrogens with zero attached hydrogens (tertiary/aromatic N) is 1. The maximum absolute atomic E-state index is 12.1. The van der Waals surface area contributed by atoms with Crippen LogP contribution in [0.15, 0.2) is 34.7 Å². The number of carbonyl (C=O) groups excluding carboxylic acids is 1. The van der Waals surface area contributed by atoms with Crippen molar-refractivity contribution in [2.45, 2.75) is 34.6 Å². The highest BCUT2D eigenvalue weighted by Crippen LogP contribution is 2.33. The van der Waals surface area contributed by atoms with Crippen molar-refractivity contribution in [2.75, 3.05) is 5.32 Å². The molecule has 28 heavy (non-hydrogen) atoms. The molecule has 0 fully saturated rings. The number of aromatic nitrogens is 1. The molecular weight excluding hydrogens is 394 g/mol. The first-order chi connectivity index (χ1) is 13.0. The van der Waals surface area contributed by atoms with Gasteiger partial charge in [-0.2, -0.15) is 0 Å². The summed E-state index contributed by atoms with van der Waals surface area (Å²) in [5.74, 6) is 0.269. The van der Waals surface area contributed by atoms with Gasteiger partial charge < -0.3 is 15.1 Å². The van der Waals surface area contributed by atoms with Crippen LogP contribution in [0.2, 0.25) is 5.02 Å². The highest BCUT2D eigenvalue weighted by Gasteiger charge is 2.22. The second kappa shape index (κ2) is 7.53. The second-order valence-corrected chi connectivity index (χ2v) is 8.62. The molecule has 0 aliphatic carbocycles. The summed E-state index contributed by atoms with van der Waals surface area (Å²) in [5.41, 5.74) is 4.44.